The molecule has 0 aliphatic rings. The lowest BCUT2D eigenvalue weighted by Crippen LogP contribution is -2.45. The average molecular weight is 411 g/mol. The Morgan fingerprint density at radius 2 is 2.04 bits per heavy atom. The van der Waals surface area contributed by atoms with Crippen molar-refractivity contribution in [2.24, 2.45) is 0 Å². The summed E-state index contributed by atoms with van der Waals surface area (Å²) >= 11 is 4.73. The van der Waals surface area contributed by atoms with Crippen LogP contribution in [0.1, 0.15) is 46.6 Å². The van der Waals surface area contributed by atoms with Crippen LogP contribution in [0.2, 0.25) is 0 Å². The van der Waals surface area contributed by atoms with Crippen molar-refractivity contribution in [3.05, 3.63) is 50.4 Å². The molecule has 0 fully saturated rings. The van der Waals surface area contributed by atoms with Gasteiger partial charge in [0.25, 0.3) is 5.91 Å². The third kappa shape index (κ3) is 4.42. The Kier molecular flexibility index (Phi) is 5.77. The van der Waals surface area contributed by atoms with Gasteiger partial charge < -0.3 is 9.64 Å². The fourth-order valence-corrected chi connectivity index (χ4v) is 3.26. The van der Waals surface area contributed by atoms with E-state index < -0.39 is 11.5 Å². The number of methoxy groups -OCH3 is 1. The topological polar surface area (TPSA) is 59.5 Å². The highest BCUT2D eigenvalue weighted by molar-refractivity contribution is 9.10. The lowest BCUT2D eigenvalue weighted by atomic mass is 10.0. The summed E-state index contributed by atoms with van der Waals surface area (Å²) in [5.74, 6) is -0.559. The molecule has 0 unspecified atom stereocenters. The van der Waals surface area contributed by atoms with Crippen molar-refractivity contribution < 1.29 is 14.3 Å². The van der Waals surface area contributed by atoms with Crippen LogP contribution < -0.4 is 0 Å². The Labute approximate surface area is 153 Å². The summed E-state index contributed by atoms with van der Waals surface area (Å²) in [7, 11) is 1.32. The summed E-state index contributed by atoms with van der Waals surface area (Å²) in [6.07, 6.45) is 0. The van der Waals surface area contributed by atoms with E-state index in [1.54, 1.807) is 22.4 Å². The number of esters is 1. The fraction of sp³-hybridized carbons (Fsp3) is 0.353. The van der Waals surface area contributed by atoms with Gasteiger partial charge >= 0.3 is 5.97 Å². The minimum absolute atomic E-state index is 0.0846. The molecule has 0 spiro atoms. The number of rotatable bonds is 4. The summed E-state index contributed by atoms with van der Waals surface area (Å²) in [5, 5.41) is 2.33. The van der Waals surface area contributed by atoms with E-state index in [2.05, 4.69) is 25.7 Å². The van der Waals surface area contributed by atoms with E-state index in [9.17, 15) is 9.59 Å². The van der Waals surface area contributed by atoms with Gasteiger partial charge in [-0.1, -0.05) is 22.0 Å². The van der Waals surface area contributed by atoms with Crippen LogP contribution in [0, 0.1) is 0 Å². The second-order valence-corrected chi connectivity index (χ2v) is 8.05. The summed E-state index contributed by atoms with van der Waals surface area (Å²) in [6, 6.07) is 7.29. The fourth-order valence-electron chi connectivity index (χ4n) is 2.11. The van der Waals surface area contributed by atoms with Crippen molar-refractivity contribution in [3.63, 3.8) is 0 Å². The minimum atomic E-state index is -0.474. The van der Waals surface area contributed by atoms with Crippen molar-refractivity contribution >= 4 is 39.1 Å². The molecule has 1 aromatic heterocycles. The molecular formula is C17H19BrN2O3S. The number of hydrogen-bond acceptors (Lipinski definition) is 5. The van der Waals surface area contributed by atoms with Crippen LogP contribution in [-0.2, 0) is 11.3 Å². The lowest BCUT2D eigenvalue weighted by molar-refractivity contribution is 0.0558. The van der Waals surface area contributed by atoms with Crippen molar-refractivity contribution in [1.82, 2.24) is 9.88 Å². The molecule has 1 aromatic carbocycles. The quantitative estimate of drug-likeness (QED) is 0.710. The summed E-state index contributed by atoms with van der Waals surface area (Å²) in [6.45, 7) is 6.24. The highest BCUT2D eigenvalue weighted by atomic mass is 79.9. The molecule has 0 radical (unpaired) electrons. The number of carbonyl (C=O) groups excluding carboxylic acids is 2. The molecule has 0 saturated carbocycles. The molecule has 2 aromatic rings. The van der Waals surface area contributed by atoms with Gasteiger partial charge in [-0.15, -0.1) is 11.3 Å². The van der Waals surface area contributed by atoms with Gasteiger partial charge in [0.1, 0.15) is 5.01 Å². The van der Waals surface area contributed by atoms with E-state index in [1.165, 1.54) is 18.4 Å². The Morgan fingerprint density at radius 3 is 2.62 bits per heavy atom. The van der Waals surface area contributed by atoms with E-state index >= 15 is 0 Å². The van der Waals surface area contributed by atoms with Crippen LogP contribution >= 0.6 is 27.3 Å². The normalized spacial score (nSPS) is 11.2. The predicted octanol–water partition coefficient (Wildman–Crippen LogP) is 4.13. The first-order chi connectivity index (χ1) is 11.2. The van der Waals surface area contributed by atoms with Gasteiger partial charge in [0.15, 0.2) is 5.69 Å². The van der Waals surface area contributed by atoms with E-state index in [4.69, 9.17) is 0 Å². The van der Waals surface area contributed by atoms with Crippen molar-refractivity contribution in [2.75, 3.05) is 7.11 Å². The van der Waals surface area contributed by atoms with E-state index in [0.29, 0.717) is 17.1 Å². The second-order valence-electron chi connectivity index (χ2n) is 6.19. The highest BCUT2D eigenvalue weighted by Crippen LogP contribution is 2.23. The van der Waals surface area contributed by atoms with Crippen LogP contribution in [0.5, 0.6) is 0 Å². The van der Waals surface area contributed by atoms with Crippen molar-refractivity contribution in [3.8, 4) is 0 Å². The number of aromatic nitrogens is 1. The zero-order valence-corrected chi connectivity index (χ0v) is 16.4. The number of hydrogen-bond donors (Lipinski definition) is 0. The zero-order valence-electron chi connectivity index (χ0n) is 14.0. The smallest absolute Gasteiger partial charge is 0.357 e. The SMILES string of the molecule is COC(=O)c1csc(CN(C(=O)c2cccc(Br)c2)C(C)(C)C)n1. The molecule has 5 nitrogen and oxygen atoms in total. The summed E-state index contributed by atoms with van der Waals surface area (Å²) in [5.41, 5.74) is 0.474. The van der Waals surface area contributed by atoms with Crippen LogP contribution in [0.3, 0.4) is 0 Å². The van der Waals surface area contributed by atoms with Gasteiger partial charge in [0.05, 0.1) is 13.7 Å². The average Bonchev–Trinajstić information content (AvgIpc) is 2.99. The molecule has 0 bridgehead atoms. The largest absolute Gasteiger partial charge is 0.464 e. The number of carbonyl (C=O) groups is 2. The summed E-state index contributed by atoms with van der Waals surface area (Å²) < 4.78 is 5.52. The number of ether oxygens (including phenoxy) is 1. The molecule has 2 rings (SSSR count). The number of nitrogens with zero attached hydrogens (tertiary/aromatic N) is 2. The van der Waals surface area contributed by atoms with Crippen LogP contribution in [0.4, 0.5) is 0 Å². The van der Waals surface area contributed by atoms with Crippen LogP contribution in [0.25, 0.3) is 0 Å². The predicted molar refractivity (Wildman–Crippen MR) is 97.2 cm³/mol. The zero-order chi connectivity index (χ0) is 17.9. The maximum Gasteiger partial charge on any atom is 0.357 e. The monoisotopic (exact) mass is 410 g/mol. The van der Waals surface area contributed by atoms with Crippen LogP contribution in [-0.4, -0.2) is 34.4 Å². The van der Waals surface area contributed by atoms with Crippen LogP contribution in [0.15, 0.2) is 34.1 Å². The number of thiazole rings is 1. The molecule has 0 N–H and O–H groups in total. The molecule has 0 aliphatic carbocycles. The summed E-state index contributed by atoms with van der Waals surface area (Å²) in [4.78, 5) is 30.5. The molecular weight excluding hydrogens is 392 g/mol. The molecule has 7 heteroatoms. The molecule has 128 valence electrons. The number of benzene rings is 1. The van der Waals surface area contributed by atoms with Crippen molar-refractivity contribution in [1.29, 1.82) is 0 Å². The standard InChI is InChI=1S/C17H19BrN2O3S/c1-17(2,3)20(15(21)11-6-5-7-12(18)8-11)9-14-19-13(10-24-14)16(22)23-4/h5-8,10H,9H2,1-4H3. The third-order valence-electron chi connectivity index (χ3n) is 3.37. The molecule has 1 amide bonds. The minimum Gasteiger partial charge on any atom is -0.464 e. The first kappa shape index (κ1) is 18.6. The first-order valence-corrected chi connectivity index (χ1v) is 9.00. The maximum atomic E-state index is 12.9. The van der Waals surface area contributed by atoms with Gasteiger partial charge in [-0.2, -0.15) is 0 Å². The molecule has 1 heterocycles. The second kappa shape index (κ2) is 7.44. The van der Waals surface area contributed by atoms with E-state index in [1.807, 2.05) is 32.9 Å². The number of amides is 1. The lowest BCUT2D eigenvalue weighted by Gasteiger charge is -2.35. The molecule has 0 saturated heterocycles. The molecule has 0 aliphatic heterocycles. The Hall–Kier alpha value is -1.73. The van der Waals surface area contributed by atoms with E-state index in [-0.39, 0.29) is 11.6 Å². The Balaban J connectivity index is 2.28. The van der Waals surface area contributed by atoms with Gasteiger partial charge in [-0.05, 0) is 39.0 Å². The van der Waals surface area contributed by atoms with Gasteiger partial charge in [-0.3, -0.25) is 4.79 Å². The Bertz CT molecular complexity index is 752. The van der Waals surface area contributed by atoms with E-state index in [0.717, 1.165) is 4.47 Å². The van der Waals surface area contributed by atoms with Gasteiger partial charge in [0.2, 0.25) is 0 Å². The first-order valence-electron chi connectivity index (χ1n) is 7.32. The molecule has 24 heavy (non-hydrogen) atoms. The van der Waals surface area contributed by atoms with Crippen molar-refractivity contribution in [2.45, 2.75) is 32.9 Å². The van der Waals surface area contributed by atoms with Gasteiger partial charge in [-0.25, -0.2) is 9.78 Å². The van der Waals surface area contributed by atoms with Gasteiger partial charge in [0, 0.05) is 21.0 Å². The maximum absolute atomic E-state index is 12.9. The third-order valence-corrected chi connectivity index (χ3v) is 4.69. The highest BCUT2D eigenvalue weighted by Gasteiger charge is 2.28. The molecule has 0 atom stereocenters. The Morgan fingerprint density at radius 1 is 1.33 bits per heavy atom. The number of halogens is 1.